The molecule has 48 valence electrons. The Bertz CT molecular complexity index is 101. The molecule has 7 heteroatoms. The third kappa shape index (κ3) is 24.6. The number of hydrogen-bond acceptors (Lipinski definition) is 3. The molecule has 0 aromatic carbocycles. The molecule has 0 bridgehead atoms. The normalized spacial score (nSPS) is 7.20. The Balaban J connectivity index is 0. The van der Waals surface area contributed by atoms with E-state index in [0.717, 1.165) is 0 Å². The van der Waals surface area contributed by atoms with E-state index in [9.17, 15) is 9.59 Å². The molecular formula is C3H4Li2O5. The summed E-state index contributed by atoms with van der Waals surface area (Å²) in [4.78, 5) is 18.4. The van der Waals surface area contributed by atoms with Gasteiger partial charge in [-0.1, -0.05) is 0 Å². The fourth-order valence-corrected chi connectivity index (χ4v) is 0.0747. The standard InChI is InChI=1S/C2H2O5.CH2.2Li/c3-1(4)7-2(5)6;;;/h(H,3,4)(H,5,6);1H2;;. The van der Waals surface area contributed by atoms with Crippen molar-refractivity contribution in [1.82, 2.24) is 0 Å². The van der Waals surface area contributed by atoms with E-state index in [1.54, 1.807) is 0 Å². The van der Waals surface area contributed by atoms with E-state index in [2.05, 4.69) is 40.2 Å². The van der Waals surface area contributed by atoms with Crippen LogP contribution in [0.4, 0.5) is 9.59 Å². The van der Waals surface area contributed by atoms with Crippen molar-refractivity contribution in [3.8, 4) is 0 Å². The van der Waals surface area contributed by atoms with Gasteiger partial charge in [0, 0.05) is 0 Å². The Hall–Kier alpha value is -0.0652. The number of hydrogen-bond donors (Lipinski definition) is 2. The maximum atomic E-state index is 9.21. The molecule has 0 aromatic rings. The fraction of sp³-hybridized carbons (Fsp3) is 0.333. The average Bonchev–Trinajstić information content (AvgIpc) is 1.62. The van der Waals surface area contributed by atoms with E-state index in [1.165, 1.54) is 3.77 Å². The summed E-state index contributed by atoms with van der Waals surface area (Å²) in [6, 6.07) is 0. The van der Waals surface area contributed by atoms with Gasteiger partial charge >= 0.3 is 51.5 Å². The van der Waals surface area contributed by atoms with Gasteiger partial charge < -0.3 is 14.9 Å². The van der Waals surface area contributed by atoms with Crippen LogP contribution in [0.3, 0.4) is 0 Å². The van der Waals surface area contributed by atoms with Crippen molar-refractivity contribution in [3.63, 3.8) is 0 Å². The minimum atomic E-state index is -1.81. The second-order valence-electron chi connectivity index (χ2n) is 1.34. The van der Waals surface area contributed by atoms with Crippen LogP contribution in [-0.4, -0.2) is 58.0 Å². The molecule has 0 fully saturated rings. The third-order valence-electron chi connectivity index (χ3n) is 0.175. The number of carboxylic acid groups (broad SMARTS) is 2. The first kappa shape index (κ1) is 12.6. The molecule has 0 saturated heterocycles. The Morgan fingerprint density at radius 1 is 1.20 bits per heavy atom. The van der Waals surface area contributed by atoms with Crippen LogP contribution in [-0.2, 0) is 4.74 Å². The van der Waals surface area contributed by atoms with Crippen LogP contribution in [0.1, 0.15) is 0 Å². The van der Waals surface area contributed by atoms with Crippen molar-refractivity contribution in [3.05, 3.63) is 0 Å². The van der Waals surface area contributed by atoms with Crippen LogP contribution in [0.15, 0.2) is 0 Å². The van der Waals surface area contributed by atoms with Gasteiger partial charge in [0.1, 0.15) is 0 Å². The molecule has 0 rings (SSSR count). The molecule has 0 aliphatic carbocycles. The first-order chi connectivity index (χ1) is 4.54. The van der Waals surface area contributed by atoms with Gasteiger partial charge in [-0.25, -0.2) is 9.59 Å². The molecule has 10 heavy (non-hydrogen) atoms. The fourth-order valence-electron chi connectivity index (χ4n) is 0.0747. The SMILES string of the molecule is O=C(O)OC(=O)O.[Li][CH2][Li]. The summed E-state index contributed by atoms with van der Waals surface area (Å²) in [6.45, 7) is 0. The molecule has 5 nitrogen and oxygen atoms in total. The van der Waals surface area contributed by atoms with E-state index in [1.807, 2.05) is 0 Å². The van der Waals surface area contributed by atoms with Crippen molar-refractivity contribution < 1.29 is 24.5 Å². The van der Waals surface area contributed by atoms with Crippen molar-refractivity contribution in [2.24, 2.45) is 0 Å². The molecule has 0 spiro atoms. The first-order valence-corrected chi connectivity index (χ1v) is 2.68. The Labute approximate surface area is 76.1 Å². The zero-order chi connectivity index (χ0) is 8.57. The summed E-state index contributed by atoms with van der Waals surface area (Å²) in [6.07, 6.45) is -3.62. The van der Waals surface area contributed by atoms with Gasteiger partial charge in [0.05, 0.1) is 0 Å². The van der Waals surface area contributed by atoms with Crippen molar-refractivity contribution in [2.45, 2.75) is 3.77 Å². The summed E-state index contributed by atoms with van der Waals surface area (Å²) in [5.74, 6) is 0. The second-order valence-corrected chi connectivity index (χ2v) is 1.34. The summed E-state index contributed by atoms with van der Waals surface area (Å²) >= 11 is 4.25. The van der Waals surface area contributed by atoms with Crippen molar-refractivity contribution >= 4 is 47.7 Å². The van der Waals surface area contributed by atoms with Crippen LogP contribution in [0.5, 0.6) is 0 Å². The monoisotopic (exact) mass is 134 g/mol. The second kappa shape index (κ2) is 8.93. The van der Waals surface area contributed by atoms with Gasteiger partial charge in [-0.05, 0) is 0 Å². The molecule has 0 aromatic heterocycles. The number of carbonyl (C=O) groups is 2. The molecule has 0 unspecified atom stereocenters. The quantitative estimate of drug-likeness (QED) is 0.278. The van der Waals surface area contributed by atoms with Crippen LogP contribution >= 0.6 is 0 Å². The van der Waals surface area contributed by atoms with E-state index in [-0.39, 0.29) is 0 Å². The van der Waals surface area contributed by atoms with E-state index >= 15 is 0 Å². The third-order valence-corrected chi connectivity index (χ3v) is 0.175. The van der Waals surface area contributed by atoms with Crippen molar-refractivity contribution in [2.75, 3.05) is 0 Å². The molecular weight excluding hydrogens is 130 g/mol. The molecule has 0 radical (unpaired) electrons. The first-order valence-electron chi connectivity index (χ1n) is 2.68. The average molecular weight is 134 g/mol. The van der Waals surface area contributed by atoms with Crippen LogP contribution in [0.25, 0.3) is 0 Å². The summed E-state index contributed by atoms with van der Waals surface area (Å²) < 4.78 is 4.33. The Kier molecular flexibility index (Phi) is 11.3. The van der Waals surface area contributed by atoms with Crippen LogP contribution < -0.4 is 0 Å². The van der Waals surface area contributed by atoms with Crippen LogP contribution in [0, 0.1) is 0 Å². The number of rotatable bonds is 0. The summed E-state index contributed by atoms with van der Waals surface area (Å²) in [7, 11) is 0. The van der Waals surface area contributed by atoms with E-state index in [0.29, 0.717) is 0 Å². The van der Waals surface area contributed by atoms with Gasteiger partial charge in [0.15, 0.2) is 0 Å². The summed E-state index contributed by atoms with van der Waals surface area (Å²) in [5, 5.41) is 15.0. The van der Waals surface area contributed by atoms with Crippen molar-refractivity contribution in [1.29, 1.82) is 0 Å². The predicted molar refractivity (Wildman–Crippen MR) is 33.4 cm³/mol. The van der Waals surface area contributed by atoms with Gasteiger partial charge in [-0.2, -0.15) is 0 Å². The predicted octanol–water partition coefficient (Wildman–Crippen LogP) is 0.0582. The Morgan fingerprint density at radius 3 is 1.40 bits per heavy atom. The maximum absolute atomic E-state index is 9.21. The molecule has 0 saturated carbocycles. The molecule has 0 amide bonds. The zero-order valence-electron chi connectivity index (χ0n) is 5.83. The van der Waals surface area contributed by atoms with Gasteiger partial charge in [0.2, 0.25) is 0 Å². The van der Waals surface area contributed by atoms with Gasteiger partial charge in [-0.15, -0.1) is 0 Å². The zero-order valence-corrected chi connectivity index (χ0v) is 5.83. The van der Waals surface area contributed by atoms with Gasteiger partial charge in [-0.3, -0.25) is 0 Å². The molecule has 0 atom stereocenters. The topological polar surface area (TPSA) is 83.8 Å². The van der Waals surface area contributed by atoms with E-state index in [4.69, 9.17) is 10.2 Å². The Morgan fingerprint density at radius 2 is 1.40 bits per heavy atom. The number of ether oxygens (including phenoxy) is 1. The molecule has 0 aliphatic heterocycles. The minimum absolute atomic E-state index is 1.25. The molecule has 0 heterocycles. The molecule has 0 aliphatic rings. The van der Waals surface area contributed by atoms with Crippen LogP contribution in [0.2, 0.25) is 3.77 Å². The summed E-state index contributed by atoms with van der Waals surface area (Å²) in [5.41, 5.74) is 0. The van der Waals surface area contributed by atoms with Gasteiger partial charge in [0.25, 0.3) is 0 Å². The molecule has 2 N–H and O–H groups in total. The van der Waals surface area contributed by atoms with E-state index < -0.39 is 12.3 Å².